The third kappa shape index (κ3) is 62.8. The monoisotopic (exact) mass is 1070 g/mol. The summed E-state index contributed by atoms with van der Waals surface area (Å²) in [7, 11) is 0. The maximum atomic E-state index is 12.9. The highest BCUT2D eigenvalue weighted by Crippen LogP contribution is 2.16. The first-order valence-corrected chi connectivity index (χ1v) is 32.4. The molecule has 77 heavy (non-hydrogen) atoms. The maximum Gasteiger partial charge on any atom is 0.306 e. The second kappa shape index (κ2) is 64.6. The van der Waals surface area contributed by atoms with E-state index in [0.717, 1.165) is 89.9 Å². The second-order valence-corrected chi connectivity index (χ2v) is 21.3. The Kier molecular flexibility index (Phi) is 61.3. The maximum absolute atomic E-state index is 12.9. The lowest BCUT2D eigenvalue weighted by molar-refractivity contribution is -0.166. The van der Waals surface area contributed by atoms with Gasteiger partial charge in [-0.15, -0.1) is 0 Å². The third-order valence-electron chi connectivity index (χ3n) is 13.8. The Balaban J connectivity index is 4.36. The molecule has 0 spiro atoms. The molecule has 0 amide bonds. The van der Waals surface area contributed by atoms with E-state index in [1.54, 1.807) is 0 Å². The van der Waals surface area contributed by atoms with Crippen molar-refractivity contribution < 1.29 is 28.6 Å². The Morgan fingerprint density at radius 3 is 0.883 bits per heavy atom. The molecule has 0 aliphatic carbocycles. The Bertz CT molecular complexity index is 1560. The van der Waals surface area contributed by atoms with Gasteiger partial charge in [-0.25, -0.2) is 0 Å². The van der Waals surface area contributed by atoms with Crippen LogP contribution in [0.5, 0.6) is 0 Å². The van der Waals surface area contributed by atoms with E-state index in [0.29, 0.717) is 19.3 Å². The summed E-state index contributed by atoms with van der Waals surface area (Å²) in [5.74, 6) is -0.985. The molecule has 6 heteroatoms. The molecule has 0 radical (unpaired) electrons. The summed E-state index contributed by atoms with van der Waals surface area (Å²) in [6, 6.07) is 0. The molecule has 0 rings (SSSR count). The SMILES string of the molecule is CC/C=C\C/C=C\C/C=C\C/C=C\CCCCCCCCCCCCC(=O)OCC(COC(=O)CC/C=C\C/C=C\C/C=C\C/C=C\CC)OC(=O)CCCCCCCCCCCCC/C=C\CCCCCCCCCC. The van der Waals surface area contributed by atoms with Crippen molar-refractivity contribution in [3.05, 3.63) is 109 Å². The minimum Gasteiger partial charge on any atom is -0.462 e. The fourth-order valence-corrected chi connectivity index (χ4v) is 8.97. The van der Waals surface area contributed by atoms with Crippen molar-refractivity contribution in [2.45, 2.75) is 309 Å². The molecule has 0 aromatic heterocycles. The van der Waals surface area contributed by atoms with Crippen LogP contribution in [-0.2, 0) is 28.6 Å². The van der Waals surface area contributed by atoms with Crippen molar-refractivity contribution in [2.75, 3.05) is 13.2 Å². The number of hydrogen-bond acceptors (Lipinski definition) is 6. The van der Waals surface area contributed by atoms with Crippen LogP contribution in [0.3, 0.4) is 0 Å². The summed E-state index contributed by atoms with van der Waals surface area (Å²) in [4.78, 5) is 38.3. The van der Waals surface area contributed by atoms with Gasteiger partial charge in [0.25, 0.3) is 0 Å². The minimum absolute atomic E-state index is 0.103. The lowest BCUT2D eigenvalue weighted by Crippen LogP contribution is -2.30. The van der Waals surface area contributed by atoms with E-state index in [1.165, 1.54) is 167 Å². The van der Waals surface area contributed by atoms with Crippen molar-refractivity contribution in [3.63, 3.8) is 0 Å². The Morgan fingerprint density at radius 1 is 0.273 bits per heavy atom. The Hall–Kier alpha value is -3.93. The van der Waals surface area contributed by atoms with Gasteiger partial charge in [0.05, 0.1) is 0 Å². The number of esters is 3. The van der Waals surface area contributed by atoms with E-state index in [1.807, 2.05) is 6.08 Å². The highest BCUT2D eigenvalue weighted by molar-refractivity contribution is 5.71. The van der Waals surface area contributed by atoms with Crippen LogP contribution in [0.15, 0.2) is 109 Å². The minimum atomic E-state index is -0.812. The molecule has 0 heterocycles. The molecule has 6 nitrogen and oxygen atoms in total. The van der Waals surface area contributed by atoms with Crippen LogP contribution in [0.4, 0.5) is 0 Å². The van der Waals surface area contributed by atoms with E-state index in [9.17, 15) is 14.4 Å². The van der Waals surface area contributed by atoms with Gasteiger partial charge in [-0.1, -0.05) is 284 Å². The summed E-state index contributed by atoms with van der Waals surface area (Å²) in [5, 5.41) is 0. The zero-order valence-electron chi connectivity index (χ0n) is 50.4. The highest BCUT2D eigenvalue weighted by Gasteiger charge is 2.19. The van der Waals surface area contributed by atoms with Crippen LogP contribution >= 0.6 is 0 Å². The van der Waals surface area contributed by atoms with Crippen LogP contribution in [0.1, 0.15) is 303 Å². The molecule has 0 saturated heterocycles. The lowest BCUT2D eigenvalue weighted by atomic mass is 10.0. The number of ether oxygens (including phenoxy) is 3. The van der Waals surface area contributed by atoms with Gasteiger partial charge in [-0.3, -0.25) is 14.4 Å². The Labute approximate surface area is 476 Å². The largest absolute Gasteiger partial charge is 0.462 e. The summed E-state index contributed by atoms with van der Waals surface area (Å²) in [5.41, 5.74) is 0. The van der Waals surface area contributed by atoms with Gasteiger partial charge in [-0.05, 0) is 109 Å². The Morgan fingerprint density at radius 2 is 0.532 bits per heavy atom. The first kappa shape index (κ1) is 73.1. The summed E-state index contributed by atoms with van der Waals surface area (Å²) >= 11 is 0. The molecular formula is C71H120O6. The van der Waals surface area contributed by atoms with Crippen LogP contribution in [0.25, 0.3) is 0 Å². The third-order valence-corrected chi connectivity index (χ3v) is 13.8. The van der Waals surface area contributed by atoms with Gasteiger partial charge in [0.2, 0.25) is 0 Å². The molecule has 1 unspecified atom stereocenters. The quantitative estimate of drug-likeness (QED) is 0.0261. The van der Waals surface area contributed by atoms with Gasteiger partial charge in [0, 0.05) is 19.3 Å². The first-order valence-electron chi connectivity index (χ1n) is 32.4. The van der Waals surface area contributed by atoms with Crippen molar-refractivity contribution in [1.82, 2.24) is 0 Å². The molecule has 0 fully saturated rings. The van der Waals surface area contributed by atoms with Gasteiger partial charge in [-0.2, -0.15) is 0 Å². The van der Waals surface area contributed by atoms with E-state index < -0.39 is 6.10 Å². The molecule has 0 aromatic rings. The molecular weight excluding hydrogens is 949 g/mol. The zero-order valence-corrected chi connectivity index (χ0v) is 50.4. The molecule has 0 aliphatic rings. The topological polar surface area (TPSA) is 78.9 Å². The van der Waals surface area contributed by atoms with E-state index >= 15 is 0 Å². The zero-order chi connectivity index (χ0) is 55.7. The van der Waals surface area contributed by atoms with Gasteiger partial charge in [0.15, 0.2) is 6.10 Å². The predicted molar refractivity (Wildman–Crippen MR) is 334 cm³/mol. The van der Waals surface area contributed by atoms with Crippen molar-refractivity contribution in [2.24, 2.45) is 0 Å². The molecule has 0 aliphatic heterocycles. The molecule has 440 valence electrons. The first-order chi connectivity index (χ1) is 38.0. The molecule has 1 atom stereocenters. The summed E-state index contributed by atoms with van der Waals surface area (Å²) in [6.45, 7) is 6.37. The smallest absolute Gasteiger partial charge is 0.306 e. The number of rotatable bonds is 58. The van der Waals surface area contributed by atoms with Crippen LogP contribution < -0.4 is 0 Å². The summed E-state index contributed by atoms with van der Waals surface area (Å²) < 4.78 is 16.9. The van der Waals surface area contributed by atoms with Crippen molar-refractivity contribution >= 4 is 17.9 Å². The molecule has 0 N–H and O–H groups in total. The summed E-state index contributed by atoms with van der Waals surface area (Å²) in [6.07, 6.45) is 88.3. The molecule has 0 aromatic carbocycles. The van der Waals surface area contributed by atoms with Crippen molar-refractivity contribution in [1.29, 1.82) is 0 Å². The van der Waals surface area contributed by atoms with E-state index in [4.69, 9.17) is 14.2 Å². The van der Waals surface area contributed by atoms with Crippen LogP contribution in [-0.4, -0.2) is 37.2 Å². The lowest BCUT2D eigenvalue weighted by Gasteiger charge is -2.18. The average molecular weight is 1070 g/mol. The average Bonchev–Trinajstić information content (AvgIpc) is 3.43. The highest BCUT2D eigenvalue weighted by atomic mass is 16.6. The molecule has 0 bridgehead atoms. The fraction of sp³-hybridized carbons (Fsp3) is 0.704. The van der Waals surface area contributed by atoms with Crippen molar-refractivity contribution in [3.8, 4) is 0 Å². The standard InChI is InChI=1S/C71H120O6/c1-4-7-10-13-16-19-22-25-27-29-31-33-35-37-39-41-43-46-49-52-55-58-61-64-70(73)76-67-68(66-75-69(72)63-60-57-54-51-48-45-24-21-18-15-12-9-6-3)77-71(74)65-62-59-56-53-50-47-44-42-40-38-36-34-32-30-28-26-23-20-17-14-11-8-5-2/h7,9-10,12,16,18-19,21,25,27,30-33,45,48,54,57,68H,4-6,8,11,13-15,17,20,22-24,26,28-29,34-44,46-47,49-53,55-56,58-67H2,1-3H3/b10-7-,12-9-,19-16-,21-18-,27-25-,32-30-,33-31-,48-45-,57-54-. The van der Waals surface area contributed by atoms with E-state index in [-0.39, 0.29) is 37.5 Å². The van der Waals surface area contributed by atoms with Crippen LogP contribution in [0.2, 0.25) is 0 Å². The van der Waals surface area contributed by atoms with Gasteiger partial charge < -0.3 is 14.2 Å². The normalized spacial score (nSPS) is 12.8. The molecule has 0 saturated carbocycles. The van der Waals surface area contributed by atoms with Gasteiger partial charge >= 0.3 is 17.9 Å². The number of hydrogen-bond donors (Lipinski definition) is 0. The number of carbonyl (C=O) groups is 3. The second-order valence-electron chi connectivity index (χ2n) is 21.3. The number of allylic oxidation sites excluding steroid dienone is 18. The fourth-order valence-electron chi connectivity index (χ4n) is 8.97. The van der Waals surface area contributed by atoms with E-state index in [2.05, 4.69) is 124 Å². The number of unbranched alkanes of at least 4 members (excludes halogenated alkanes) is 29. The van der Waals surface area contributed by atoms with Crippen LogP contribution in [0, 0.1) is 0 Å². The van der Waals surface area contributed by atoms with Gasteiger partial charge in [0.1, 0.15) is 13.2 Å². The predicted octanol–water partition coefficient (Wildman–Crippen LogP) is 22.2. The number of carbonyl (C=O) groups excluding carboxylic acids is 3.